The number of halogens is 1. The molecule has 0 atom stereocenters. The van der Waals surface area contributed by atoms with Gasteiger partial charge in [-0.05, 0) is 37.0 Å². The van der Waals surface area contributed by atoms with E-state index in [2.05, 4.69) is 19.6 Å². The zero-order valence-electron chi connectivity index (χ0n) is 14.4. The van der Waals surface area contributed by atoms with E-state index in [0.29, 0.717) is 12.3 Å². The predicted molar refractivity (Wildman–Crippen MR) is 100 cm³/mol. The van der Waals surface area contributed by atoms with E-state index in [9.17, 15) is 8.42 Å². The largest absolute Gasteiger partial charge is 0.495 e. The van der Waals surface area contributed by atoms with Gasteiger partial charge in [-0.15, -0.1) is 0 Å². The Balaban J connectivity index is 1.55. The van der Waals surface area contributed by atoms with E-state index in [1.807, 2.05) is 0 Å². The number of hydrogen-bond acceptors (Lipinski definition) is 6. The minimum absolute atomic E-state index is 0.139. The zero-order valence-corrected chi connectivity index (χ0v) is 16.0. The molecule has 0 bridgehead atoms. The summed E-state index contributed by atoms with van der Waals surface area (Å²) in [5.41, 5.74) is 0. The summed E-state index contributed by atoms with van der Waals surface area (Å²) in [7, 11) is -2.11. The molecule has 9 heteroatoms. The highest BCUT2D eigenvalue weighted by Gasteiger charge is 2.23. The molecular weight excluding hydrogens is 376 g/mol. The number of rotatable bonds is 6. The lowest BCUT2D eigenvalue weighted by Gasteiger charge is -2.32. The summed E-state index contributed by atoms with van der Waals surface area (Å²) in [6.07, 6.45) is 6.85. The molecule has 26 heavy (non-hydrogen) atoms. The molecule has 0 radical (unpaired) electrons. The highest BCUT2D eigenvalue weighted by Crippen LogP contribution is 2.27. The van der Waals surface area contributed by atoms with Crippen LogP contribution in [-0.4, -0.2) is 45.1 Å². The number of nitrogens with one attached hydrogen (secondary N) is 1. The van der Waals surface area contributed by atoms with Crippen molar-refractivity contribution in [3.05, 3.63) is 41.8 Å². The summed E-state index contributed by atoms with van der Waals surface area (Å²) in [5, 5.41) is 0.271. The number of nitrogens with zero attached hydrogens (tertiary/aromatic N) is 3. The summed E-state index contributed by atoms with van der Waals surface area (Å²) < 4.78 is 32.7. The van der Waals surface area contributed by atoms with Gasteiger partial charge in [0, 0.05) is 32.0 Å². The minimum Gasteiger partial charge on any atom is -0.495 e. The molecule has 0 aliphatic carbocycles. The molecule has 1 aromatic carbocycles. The second kappa shape index (κ2) is 8.20. The third-order valence-corrected chi connectivity index (χ3v) is 6.20. The van der Waals surface area contributed by atoms with Gasteiger partial charge in [0.1, 0.15) is 11.6 Å². The van der Waals surface area contributed by atoms with Crippen molar-refractivity contribution in [2.75, 3.05) is 31.6 Å². The molecule has 7 nitrogen and oxygen atoms in total. The lowest BCUT2D eigenvalue weighted by molar-refractivity contribution is 0.400. The topological polar surface area (TPSA) is 84.4 Å². The van der Waals surface area contributed by atoms with Gasteiger partial charge in [0.25, 0.3) is 0 Å². The van der Waals surface area contributed by atoms with Crippen LogP contribution in [0.25, 0.3) is 0 Å². The number of piperidine rings is 1. The maximum absolute atomic E-state index is 12.5. The second-order valence-corrected chi connectivity index (χ2v) is 8.32. The molecule has 2 heterocycles. The van der Waals surface area contributed by atoms with E-state index in [0.717, 1.165) is 31.7 Å². The van der Waals surface area contributed by atoms with Crippen LogP contribution in [0.4, 0.5) is 5.82 Å². The first kappa shape index (κ1) is 18.9. The maximum atomic E-state index is 12.5. The number of aromatic nitrogens is 2. The van der Waals surface area contributed by atoms with Gasteiger partial charge in [0.15, 0.2) is 0 Å². The Hall–Kier alpha value is -1.90. The van der Waals surface area contributed by atoms with Gasteiger partial charge < -0.3 is 9.64 Å². The third-order valence-electron chi connectivity index (χ3n) is 4.48. The molecule has 1 fully saturated rings. The normalized spacial score (nSPS) is 15.8. The molecule has 0 saturated carbocycles. The number of benzene rings is 1. The zero-order chi connectivity index (χ0) is 18.6. The Morgan fingerprint density at radius 1 is 1.31 bits per heavy atom. The SMILES string of the molecule is COc1ccc(S(=O)(=O)NCC2CCN(c3cnccn3)CC2)cc1Cl. The average molecular weight is 397 g/mol. The van der Waals surface area contributed by atoms with Crippen LogP contribution in [0.1, 0.15) is 12.8 Å². The molecule has 0 amide bonds. The Morgan fingerprint density at radius 2 is 2.08 bits per heavy atom. The lowest BCUT2D eigenvalue weighted by Crippen LogP contribution is -2.39. The van der Waals surface area contributed by atoms with Crippen LogP contribution < -0.4 is 14.4 Å². The summed E-state index contributed by atoms with van der Waals surface area (Å²) in [6.45, 7) is 2.07. The standard InChI is InChI=1S/C17H21ClN4O3S/c1-25-16-3-2-14(10-15(16)18)26(23,24)21-11-13-4-8-22(9-5-13)17-12-19-6-7-20-17/h2-3,6-7,10,12-13,21H,4-5,8-9,11H2,1H3. The van der Waals surface area contributed by atoms with Crippen LogP contribution in [0, 0.1) is 5.92 Å². The molecule has 0 unspecified atom stereocenters. The van der Waals surface area contributed by atoms with Crippen molar-refractivity contribution >= 4 is 27.4 Å². The first-order valence-corrected chi connectivity index (χ1v) is 10.2. The number of sulfonamides is 1. The Kier molecular flexibility index (Phi) is 5.95. The molecule has 1 saturated heterocycles. The quantitative estimate of drug-likeness (QED) is 0.806. The Morgan fingerprint density at radius 3 is 2.69 bits per heavy atom. The first-order valence-electron chi connectivity index (χ1n) is 8.34. The summed E-state index contributed by atoms with van der Waals surface area (Å²) in [6, 6.07) is 4.44. The number of anilines is 1. The summed E-state index contributed by atoms with van der Waals surface area (Å²) in [4.78, 5) is 10.7. The molecule has 1 aliphatic rings. The van der Waals surface area contributed by atoms with Crippen molar-refractivity contribution < 1.29 is 13.2 Å². The second-order valence-electron chi connectivity index (χ2n) is 6.14. The molecule has 3 rings (SSSR count). The Labute approximate surface area is 158 Å². The molecule has 0 spiro atoms. The van der Waals surface area contributed by atoms with E-state index in [1.54, 1.807) is 24.7 Å². The van der Waals surface area contributed by atoms with Crippen molar-refractivity contribution in [3.63, 3.8) is 0 Å². The van der Waals surface area contributed by atoms with Crippen molar-refractivity contribution in [2.24, 2.45) is 5.92 Å². The molecule has 140 valence electrons. The molecule has 1 N–H and O–H groups in total. The van der Waals surface area contributed by atoms with Gasteiger partial charge in [-0.3, -0.25) is 4.98 Å². The van der Waals surface area contributed by atoms with E-state index in [1.165, 1.54) is 19.2 Å². The average Bonchev–Trinajstić information content (AvgIpc) is 2.67. The van der Waals surface area contributed by atoms with Crippen LogP contribution in [0.15, 0.2) is 41.7 Å². The van der Waals surface area contributed by atoms with Gasteiger partial charge in [0.05, 0.1) is 23.2 Å². The van der Waals surface area contributed by atoms with Gasteiger partial charge in [0.2, 0.25) is 10.0 Å². The minimum atomic E-state index is -3.60. The fourth-order valence-corrected chi connectivity index (χ4v) is 4.41. The molecule has 1 aromatic heterocycles. The van der Waals surface area contributed by atoms with Crippen molar-refractivity contribution in [2.45, 2.75) is 17.7 Å². The van der Waals surface area contributed by atoms with Gasteiger partial charge in [-0.2, -0.15) is 0 Å². The van der Waals surface area contributed by atoms with E-state index in [4.69, 9.17) is 16.3 Å². The molecular formula is C17H21ClN4O3S. The van der Waals surface area contributed by atoms with Crippen LogP contribution in [0.5, 0.6) is 5.75 Å². The maximum Gasteiger partial charge on any atom is 0.240 e. The van der Waals surface area contributed by atoms with Crippen LogP contribution >= 0.6 is 11.6 Å². The summed E-state index contributed by atoms with van der Waals surface area (Å²) in [5.74, 6) is 1.59. The van der Waals surface area contributed by atoms with E-state index in [-0.39, 0.29) is 15.8 Å². The van der Waals surface area contributed by atoms with Gasteiger partial charge in [-0.1, -0.05) is 11.6 Å². The first-order chi connectivity index (χ1) is 12.5. The molecule has 2 aromatic rings. The van der Waals surface area contributed by atoms with Gasteiger partial charge >= 0.3 is 0 Å². The van der Waals surface area contributed by atoms with Crippen LogP contribution in [-0.2, 0) is 10.0 Å². The smallest absolute Gasteiger partial charge is 0.240 e. The lowest BCUT2D eigenvalue weighted by atomic mass is 9.97. The number of ether oxygens (including phenoxy) is 1. The predicted octanol–water partition coefficient (Wildman–Crippen LogP) is 2.33. The summed E-state index contributed by atoms with van der Waals surface area (Å²) >= 11 is 6.02. The monoisotopic (exact) mass is 396 g/mol. The van der Waals surface area contributed by atoms with E-state index < -0.39 is 10.0 Å². The number of methoxy groups -OCH3 is 1. The van der Waals surface area contributed by atoms with E-state index >= 15 is 0 Å². The van der Waals surface area contributed by atoms with Gasteiger partial charge in [-0.25, -0.2) is 18.1 Å². The third kappa shape index (κ3) is 4.44. The van der Waals surface area contributed by atoms with Crippen molar-refractivity contribution in [1.29, 1.82) is 0 Å². The van der Waals surface area contributed by atoms with Crippen molar-refractivity contribution in [1.82, 2.24) is 14.7 Å². The van der Waals surface area contributed by atoms with Crippen molar-refractivity contribution in [3.8, 4) is 5.75 Å². The molecule has 1 aliphatic heterocycles. The number of hydrogen-bond donors (Lipinski definition) is 1. The fraction of sp³-hybridized carbons (Fsp3) is 0.412. The fourth-order valence-electron chi connectivity index (χ4n) is 2.95. The van der Waals surface area contributed by atoms with Crippen LogP contribution in [0.3, 0.4) is 0 Å². The highest BCUT2D eigenvalue weighted by molar-refractivity contribution is 7.89. The highest BCUT2D eigenvalue weighted by atomic mass is 35.5. The van der Waals surface area contributed by atoms with Crippen LogP contribution in [0.2, 0.25) is 5.02 Å². The Bertz CT molecular complexity index is 840.